The van der Waals surface area contributed by atoms with Crippen LogP contribution in [0.2, 0.25) is 5.28 Å². The van der Waals surface area contributed by atoms with Gasteiger partial charge < -0.3 is 15.4 Å². The molecule has 6 rings (SSSR count). The summed E-state index contributed by atoms with van der Waals surface area (Å²) in [6.07, 6.45) is 8.03. The van der Waals surface area contributed by atoms with Crippen molar-refractivity contribution in [2.75, 3.05) is 18.9 Å². The lowest BCUT2D eigenvalue weighted by molar-refractivity contribution is 0.0949. The van der Waals surface area contributed by atoms with Crippen LogP contribution in [0.5, 0.6) is 11.8 Å². The van der Waals surface area contributed by atoms with Gasteiger partial charge in [0.15, 0.2) is 0 Å². The fourth-order valence-electron chi connectivity index (χ4n) is 5.35. The molecule has 37 heavy (non-hydrogen) atoms. The molecule has 0 unspecified atom stereocenters. The van der Waals surface area contributed by atoms with Crippen molar-refractivity contribution in [1.82, 2.24) is 25.2 Å². The molecule has 4 aromatic rings. The van der Waals surface area contributed by atoms with Gasteiger partial charge in [-0.25, -0.2) is 9.97 Å². The van der Waals surface area contributed by atoms with Crippen LogP contribution in [-0.2, 0) is 6.54 Å². The third-order valence-corrected chi connectivity index (χ3v) is 8.62. The Bertz CT molecular complexity index is 1490. The average molecular weight is 537 g/mol. The molecule has 1 aliphatic carbocycles. The normalized spacial score (nSPS) is 18.5. The Balaban J connectivity index is 1.32. The molecule has 1 saturated carbocycles. The lowest BCUT2D eigenvalue weighted by atomic mass is 9.94. The minimum absolute atomic E-state index is 0.0406. The number of carbonyl (C=O) groups is 1. The standard InChI is InChI=1S/C27H29ClN6O2S/c1-15-12-29-23-22-18-8-11-21(32-19(18)9-10-20(22)37-24(23)25(35)31-15)36-26-16(13-30-27(28)33-26)14-34(2)17-6-4-3-5-7-17/h8-11,13,15,17,29H,3-7,12,14H2,1-2H3,(H,31,35)/t15-/m0/s1. The number of thiophene rings is 1. The van der Waals surface area contributed by atoms with Crippen molar-refractivity contribution in [3.8, 4) is 11.8 Å². The van der Waals surface area contributed by atoms with Crippen LogP contribution in [-0.4, -0.2) is 51.4 Å². The van der Waals surface area contributed by atoms with Crippen LogP contribution in [0.1, 0.15) is 54.3 Å². The topological polar surface area (TPSA) is 92.3 Å². The summed E-state index contributed by atoms with van der Waals surface area (Å²) in [7, 11) is 2.15. The lowest BCUT2D eigenvalue weighted by Gasteiger charge is -2.31. The predicted octanol–water partition coefficient (Wildman–Crippen LogP) is 5.99. The van der Waals surface area contributed by atoms with E-state index in [0.717, 1.165) is 32.2 Å². The van der Waals surface area contributed by atoms with E-state index >= 15 is 0 Å². The number of aromatic nitrogens is 3. The fraction of sp³-hybridized carbons (Fsp3) is 0.407. The minimum Gasteiger partial charge on any atom is -0.420 e. The van der Waals surface area contributed by atoms with E-state index in [1.54, 1.807) is 6.20 Å². The van der Waals surface area contributed by atoms with Crippen LogP contribution >= 0.6 is 22.9 Å². The minimum atomic E-state index is -0.0406. The maximum Gasteiger partial charge on any atom is 0.263 e. The molecule has 192 valence electrons. The van der Waals surface area contributed by atoms with E-state index in [9.17, 15) is 4.79 Å². The number of amides is 1. The van der Waals surface area contributed by atoms with Crippen LogP contribution < -0.4 is 15.4 Å². The largest absolute Gasteiger partial charge is 0.420 e. The van der Waals surface area contributed by atoms with Crippen molar-refractivity contribution in [2.45, 2.75) is 57.7 Å². The van der Waals surface area contributed by atoms with Gasteiger partial charge in [0, 0.05) is 58.5 Å². The first-order valence-electron chi connectivity index (χ1n) is 12.8. The molecule has 4 heterocycles. The number of nitrogens with one attached hydrogen (secondary N) is 2. The molecular formula is C27H29ClN6O2S. The fourth-order valence-corrected chi connectivity index (χ4v) is 6.57. The smallest absolute Gasteiger partial charge is 0.263 e. The van der Waals surface area contributed by atoms with E-state index in [0.29, 0.717) is 35.8 Å². The second-order valence-corrected chi connectivity index (χ2v) is 11.4. The summed E-state index contributed by atoms with van der Waals surface area (Å²) in [6, 6.07) is 8.43. The Morgan fingerprint density at radius 1 is 1.16 bits per heavy atom. The second-order valence-electron chi connectivity index (χ2n) is 9.99. The maximum atomic E-state index is 12.7. The zero-order valence-electron chi connectivity index (χ0n) is 20.9. The Labute approximate surface area is 224 Å². The van der Waals surface area contributed by atoms with Crippen LogP contribution in [0.4, 0.5) is 5.69 Å². The molecule has 0 radical (unpaired) electrons. The highest BCUT2D eigenvalue weighted by atomic mass is 35.5. The van der Waals surface area contributed by atoms with E-state index in [-0.39, 0.29) is 17.2 Å². The number of fused-ring (bicyclic) bond motifs is 5. The van der Waals surface area contributed by atoms with Gasteiger partial charge in [0.2, 0.25) is 17.0 Å². The molecule has 2 aliphatic rings. The van der Waals surface area contributed by atoms with Crippen molar-refractivity contribution in [2.24, 2.45) is 0 Å². The molecule has 0 spiro atoms. The molecule has 0 bridgehead atoms. The molecule has 1 aromatic carbocycles. The van der Waals surface area contributed by atoms with Gasteiger partial charge in [0.05, 0.1) is 11.2 Å². The SMILES string of the molecule is C[C@H]1CNc2c(sc3ccc4nc(Oc5nc(Cl)ncc5CN(C)C5CCCCC5)ccc4c23)C(=O)N1. The molecule has 1 atom stereocenters. The van der Waals surface area contributed by atoms with E-state index in [2.05, 4.69) is 32.5 Å². The van der Waals surface area contributed by atoms with E-state index < -0.39 is 0 Å². The molecular weight excluding hydrogens is 508 g/mol. The first-order valence-corrected chi connectivity index (χ1v) is 14.0. The van der Waals surface area contributed by atoms with Crippen LogP contribution in [0.25, 0.3) is 21.0 Å². The van der Waals surface area contributed by atoms with Gasteiger partial charge in [-0.3, -0.25) is 9.69 Å². The molecule has 8 nitrogen and oxygen atoms in total. The first kappa shape index (κ1) is 24.3. The van der Waals surface area contributed by atoms with Crippen LogP contribution in [0, 0.1) is 0 Å². The lowest BCUT2D eigenvalue weighted by Crippen LogP contribution is -2.34. The van der Waals surface area contributed by atoms with Gasteiger partial charge >= 0.3 is 0 Å². The molecule has 0 saturated heterocycles. The van der Waals surface area contributed by atoms with Crippen molar-refractivity contribution >= 4 is 55.5 Å². The average Bonchev–Trinajstić information content (AvgIpc) is 3.22. The number of halogens is 1. The quantitative estimate of drug-likeness (QED) is 0.302. The second kappa shape index (κ2) is 10.0. The Morgan fingerprint density at radius 3 is 2.84 bits per heavy atom. The zero-order valence-corrected chi connectivity index (χ0v) is 22.5. The number of anilines is 1. The van der Waals surface area contributed by atoms with Crippen molar-refractivity contribution in [3.63, 3.8) is 0 Å². The predicted molar refractivity (Wildman–Crippen MR) is 148 cm³/mol. The number of ether oxygens (including phenoxy) is 1. The number of pyridine rings is 1. The summed E-state index contributed by atoms with van der Waals surface area (Å²) < 4.78 is 7.24. The van der Waals surface area contributed by atoms with Gasteiger partial charge in [-0.05, 0) is 56.6 Å². The van der Waals surface area contributed by atoms with E-state index in [4.69, 9.17) is 21.3 Å². The Hall–Kier alpha value is -3.01. The van der Waals surface area contributed by atoms with Crippen molar-refractivity contribution in [3.05, 3.63) is 46.2 Å². The summed E-state index contributed by atoms with van der Waals surface area (Å²) in [5.41, 5.74) is 2.53. The number of nitrogens with zero attached hydrogens (tertiary/aromatic N) is 4. The summed E-state index contributed by atoms with van der Waals surface area (Å²) in [5.74, 6) is 0.817. The first-order chi connectivity index (χ1) is 18.0. The molecule has 2 N–H and O–H groups in total. The van der Waals surface area contributed by atoms with Crippen LogP contribution in [0.3, 0.4) is 0 Å². The van der Waals surface area contributed by atoms with Gasteiger partial charge in [0.1, 0.15) is 4.88 Å². The van der Waals surface area contributed by atoms with Gasteiger partial charge in [-0.1, -0.05) is 19.3 Å². The van der Waals surface area contributed by atoms with Gasteiger partial charge in [0.25, 0.3) is 5.91 Å². The van der Waals surface area contributed by atoms with E-state index in [1.807, 2.05) is 31.2 Å². The number of hydrogen-bond acceptors (Lipinski definition) is 8. The number of rotatable bonds is 5. The number of hydrogen-bond donors (Lipinski definition) is 2. The summed E-state index contributed by atoms with van der Waals surface area (Å²) in [4.78, 5) is 29.1. The summed E-state index contributed by atoms with van der Waals surface area (Å²) >= 11 is 7.64. The molecule has 1 amide bonds. The highest BCUT2D eigenvalue weighted by molar-refractivity contribution is 7.21. The third-order valence-electron chi connectivity index (χ3n) is 7.28. The van der Waals surface area contributed by atoms with Gasteiger partial charge in [-0.15, -0.1) is 11.3 Å². The highest BCUT2D eigenvalue weighted by Gasteiger charge is 2.25. The number of benzene rings is 1. The van der Waals surface area contributed by atoms with Crippen molar-refractivity contribution < 1.29 is 9.53 Å². The Kier molecular flexibility index (Phi) is 6.60. The van der Waals surface area contributed by atoms with E-state index in [1.165, 1.54) is 43.4 Å². The molecule has 1 aliphatic heterocycles. The Morgan fingerprint density at radius 2 is 2.00 bits per heavy atom. The molecule has 1 fully saturated rings. The number of carbonyl (C=O) groups excluding carboxylic acids is 1. The van der Waals surface area contributed by atoms with Gasteiger partial charge in [-0.2, -0.15) is 4.98 Å². The molecule has 10 heteroatoms. The van der Waals surface area contributed by atoms with Crippen molar-refractivity contribution in [1.29, 1.82) is 0 Å². The summed E-state index contributed by atoms with van der Waals surface area (Å²) in [5, 5.41) is 8.62. The summed E-state index contributed by atoms with van der Waals surface area (Å²) in [6.45, 7) is 3.34. The third kappa shape index (κ3) is 4.83. The maximum absolute atomic E-state index is 12.7. The molecule has 3 aromatic heterocycles. The highest BCUT2D eigenvalue weighted by Crippen LogP contribution is 2.41. The monoisotopic (exact) mass is 536 g/mol. The zero-order chi connectivity index (χ0) is 25.5. The van der Waals surface area contributed by atoms with Crippen LogP contribution in [0.15, 0.2) is 30.5 Å².